The number of carbonyl (C=O) groups excluding carboxylic acids is 1. The Kier molecular flexibility index (Phi) is 6.17. The summed E-state index contributed by atoms with van der Waals surface area (Å²) in [6.07, 6.45) is 1.80. The first-order valence-corrected chi connectivity index (χ1v) is 11.8. The number of rotatable bonds is 5. The molecule has 0 unspecified atom stereocenters. The van der Waals surface area contributed by atoms with Crippen molar-refractivity contribution in [3.05, 3.63) is 59.2 Å². The maximum absolute atomic E-state index is 13.0. The lowest BCUT2D eigenvalue weighted by atomic mass is 10.1. The van der Waals surface area contributed by atoms with Crippen molar-refractivity contribution in [1.29, 1.82) is 5.26 Å². The van der Waals surface area contributed by atoms with Crippen molar-refractivity contribution in [2.24, 2.45) is 0 Å². The third-order valence-electron chi connectivity index (χ3n) is 5.43. The van der Waals surface area contributed by atoms with Gasteiger partial charge in [-0.2, -0.15) is 9.57 Å². The highest BCUT2D eigenvalue weighted by molar-refractivity contribution is 7.89. The summed E-state index contributed by atoms with van der Waals surface area (Å²) in [7, 11) is -3.81. The zero-order valence-corrected chi connectivity index (χ0v) is 18.5. The van der Waals surface area contributed by atoms with Gasteiger partial charge in [0.25, 0.3) is 5.91 Å². The molecule has 9 heteroatoms. The number of hydrogen-bond donors (Lipinski definition) is 0. The Hall–Kier alpha value is -3.35. The lowest BCUT2D eigenvalue weighted by Crippen LogP contribution is -2.51. The lowest BCUT2D eigenvalue weighted by Gasteiger charge is -2.35. The fraction of sp³-hybridized carbons (Fsp3) is 0.304. The number of piperazine rings is 1. The van der Waals surface area contributed by atoms with Gasteiger partial charge in [-0.25, -0.2) is 8.42 Å². The van der Waals surface area contributed by atoms with E-state index in [1.54, 1.807) is 23.1 Å². The van der Waals surface area contributed by atoms with Gasteiger partial charge in [-0.15, -0.1) is 0 Å². The summed E-state index contributed by atoms with van der Waals surface area (Å²) in [5.74, 6) is 1.22. The van der Waals surface area contributed by atoms with Crippen LogP contribution in [0.2, 0.25) is 0 Å². The Labute approximate surface area is 187 Å². The van der Waals surface area contributed by atoms with Crippen molar-refractivity contribution in [1.82, 2.24) is 9.21 Å². The number of carbonyl (C=O) groups is 1. The lowest BCUT2D eigenvalue weighted by molar-refractivity contribution is -0.128. The van der Waals surface area contributed by atoms with Gasteiger partial charge in [-0.3, -0.25) is 4.79 Å². The van der Waals surface area contributed by atoms with Gasteiger partial charge in [-0.05, 0) is 43.3 Å². The summed E-state index contributed by atoms with van der Waals surface area (Å²) in [5.41, 5.74) is 1.40. The summed E-state index contributed by atoms with van der Waals surface area (Å²) < 4.78 is 38.6. The normalized spacial score (nSPS) is 16.4. The number of ether oxygens (including phenoxy) is 2. The minimum absolute atomic E-state index is 0.00706. The second-order valence-corrected chi connectivity index (χ2v) is 9.30. The number of nitriles is 1. The van der Waals surface area contributed by atoms with Crippen LogP contribution in [0.1, 0.15) is 18.1 Å². The van der Waals surface area contributed by atoms with Crippen LogP contribution in [-0.2, 0) is 14.8 Å². The number of benzene rings is 2. The van der Waals surface area contributed by atoms with Crippen LogP contribution in [0.15, 0.2) is 52.9 Å². The number of nitrogens with zero attached hydrogens (tertiary/aromatic N) is 3. The molecule has 0 atom stereocenters. The van der Waals surface area contributed by atoms with Crippen LogP contribution >= 0.6 is 0 Å². The molecule has 0 bridgehead atoms. The van der Waals surface area contributed by atoms with Gasteiger partial charge in [0.15, 0.2) is 0 Å². The molecule has 0 saturated carbocycles. The van der Waals surface area contributed by atoms with E-state index in [4.69, 9.17) is 9.47 Å². The van der Waals surface area contributed by atoms with E-state index in [0.29, 0.717) is 23.7 Å². The van der Waals surface area contributed by atoms with Crippen molar-refractivity contribution >= 4 is 22.0 Å². The molecule has 1 saturated heterocycles. The topological polar surface area (TPSA) is 99.9 Å². The molecular formula is C23H23N3O5S. The van der Waals surface area contributed by atoms with Gasteiger partial charge >= 0.3 is 0 Å². The molecule has 0 aliphatic carbocycles. The van der Waals surface area contributed by atoms with Crippen LogP contribution in [0.25, 0.3) is 6.08 Å². The second kappa shape index (κ2) is 9.02. The zero-order chi connectivity index (χ0) is 22.7. The molecule has 0 radical (unpaired) electrons. The predicted octanol–water partition coefficient (Wildman–Crippen LogP) is 2.27. The van der Waals surface area contributed by atoms with Crippen LogP contribution < -0.4 is 9.47 Å². The third-order valence-corrected chi connectivity index (χ3v) is 7.39. The van der Waals surface area contributed by atoms with Gasteiger partial charge in [-0.1, -0.05) is 12.1 Å². The molecule has 8 nitrogen and oxygen atoms in total. The Morgan fingerprint density at radius 1 is 1.16 bits per heavy atom. The van der Waals surface area contributed by atoms with E-state index in [2.05, 4.69) is 0 Å². The Bertz CT molecular complexity index is 1210. The van der Waals surface area contributed by atoms with E-state index in [1.807, 2.05) is 31.2 Å². The molecule has 32 heavy (non-hydrogen) atoms. The molecular weight excluding hydrogens is 430 g/mol. The van der Waals surface area contributed by atoms with Gasteiger partial charge in [0.05, 0.1) is 22.6 Å². The van der Waals surface area contributed by atoms with Crippen molar-refractivity contribution < 1.29 is 22.7 Å². The summed E-state index contributed by atoms with van der Waals surface area (Å²) in [6, 6.07) is 13.6. The number of hydrogen-bond acceptors (Lipinski definition) is 6. The minimum atomic E-state index is -3.81. The molecule has 166 valence electrons. The van der Waals surface area contributed by atoms with Crippen molar-refractivity contribution in [3.8, 4) is 17.6 Å². The maximum atomic E-state index is 13.0. The molecule has 1 fully saturated rings. The van der Waals surface area contributed by atoms with Crippen molar-refractivity contribution in [3.63, 3.8) is 0 Å². The number of sulfonamides is 1. The average molecular weight is 454 g/mol. The predicted molar refractivity (Wildman–Crippen MR) is 118 cm³/mol. The largest absolute Gasteiger partial charge is 0.494 e. The summed E-state index contributed by atoms with van der Waals surface area (Å²) >= 11 is 0. The molecule has 0 aromatic heterocycles. The molecule has 0 spiro atoms. The monoisotopic (exact) mass is 453 g/mol. The smallest absolute Gasteiger partial charge is 0.253 e. The second-order valence-electron chi connectivity index (χ2n) is 7.40. The highest BCUT2D eigenvalue weighted by Gasteiger charge is 2.32. The molecule has 4 rings (SSSR count). The number of fused-ring (bicyclic) bond motifs is 1. The Morgan fingerprint density at radius 2 is 1.91 bits per heavy atom. The van der Waals surface area contributed by atoms with E-state index >= 15 is 0 Å². The van der Waals surface area contributed by atoms with E-state index in [-0.39, 0.29) is 49.2 Å². The van der Waals surface area contributed by atoms with Crippen molar-refractivity contribution in [2.45, 2.75) is 11.8 Å². The average Bonchev–Trinajstić information content (AvgIpc) is 2.83. The molecule has 2 aliphatic rings. The Balaban J connectivity index is 1.46. The van der Waals surface area contributed by atoms with Crippen LogP contribution in [0, 0.1) is 11.3 Å². The standard InChI is InChI=1S/C23H23N3O5S/c1-2-30-20-7-8-21-18(14-20)13-19(16-31-21)23(27)25-9-11-26(12-10-25)32(28,29)22-6-4-3-5-17(22)15-24/h3-8,13-14H,2,9-12,16H2,1H3. The van der Waals surface area contributed by atoms with E-state index in [1.165, 1.54) is 16.4 Å². The Morgan fingerprint density at radius 3 is 2.62 bits per heavy atom. The molecule has 2 aliphatic heterocycles. The van der Waals surface area contributed by atoms with Gasteiger partial charge in [0, 0.05) is 31.7 Å². The molecule has 2 aromatic rings. The SMILES string of the molecule is CCOc1ccc2c(c1)C=C(C(=O)N1CCN(S(=O)(=O)c3ccccc3C#N)CC1)CO2. The van der Waals surface area contributed by atoms with Gasteiger partial charge in [0.2, 0.25) is 10.0 Å². The highest BCUT2D eigenvalue weighted by Crippen LogP contribution is 2.31. The summed E-state index contributed by atoms with van der Waals surface area (Å²) in [5, 5.41) is 9.24. The molecule has 2 heterocycles. The first-order valence-electron chi connectivity index (χ1n) is 10.3. The maximum Gasteiger partial charge on any atom is 0.253 e. The number of amides is 1. The van der Waals surface area contributed by atoms with Gasteiger partial charge < -0.3 is 14.4 Å². The van der Waals surface area contributed by atoms with Crippen LogP contribution in [0.3, 0.4) is 0 Å². The quantitative estimate of drug-likeness (QED) is 0.689. The van der Waals surface area contributed by atoms with Crippen LogP contribution in [0.5, 0.6) is 11.5 Å². The van der Waals surface area contributed by atoms with Crippen molar-refractivity contribution in [2.75, 3.05) is 39.4 Å². The van der Waals surface area contributed by atoms with E-state index in [9.17, 15) is 18.5 Å². The fourth-order valence-corrected chi connectivity index (χ4v) is 5.36. The summed E-state index contributed by atoms with van der Waals surface area (Å²) in [4.78, 5) is 14.7. The van der Waals surface area contributed by atoms with E-state index in [0.717, 1.165) is 5.56 Å². The van der Waals surface area contributed by atoms with Gasteiger partial charge in [0.1, 0.15) is 24.2 Å². The van der Waals surface area contributed by atoms with E-state index < -0.39 is 10.0 Å². The fourth-order valence-electron chi connectivity index (χ4n) is 3.79. The first-order chi connectivity index (χ1) is 15.4. The molecule has 0 N–H and O–H groups in total. The van der Waals surface area contributed by atoms with Crippen LogP contribution in [-0.4, -0.2) is 62.9 Å². The van der Waals surface area contributed by atoms with Crippen LogP contribution in [0.4, 0.5) is 0 Å². The third kappa shape index (κ3) is 4.20. The zero-order valence-electron chi connectivity index (χ0n) is 17.7. The summed E-state index contributed by atoms with van der Waals surface area (Å²) in [6.45, 7) is 3.45. The minimum Gasteiger partial charge on any atom is -0.494 e. The first kappa shape index (κ1) is 21.9. The molecule has 2 aromatic carbocycles. The highest BCUT2D eigenvalue weighted by atomic mass is 32.2. The molecule has 1 amide bonds.